The topological polar surface area (TPSA) is 111 Å². The number of amides is 1. The van der Waals surface area contributed by atoms with Gasteiger partial charge in [0.05, 0.1) is 16.6 Å². The van der Waals surface area contributed by atoms with E-state index >= 15 is 0 Å². The fourth-order valence-corrected chi connectivity index (χ4v) is 3.53. The first kappa shape index (κ1) is 20.3. The minimum absolute atomic E-state index is 0.0452. The zero-order valence-corrected chi connectivity index (χ0v) is 15.7. The summed E-state index contributed by atoms with van der Waals surface area (Å²) >= 11 is 0. The molecule has 2 rings (SSSR count). The summed E-state index contributed by atoms with van der Waals surface area (Å²) in [6.45, 7) is 4.54. The van der Waals surface area contributed by atoms with Crippen molar-refractivity contribution in [2.45, 2.75) is 43.8 Å². The molecular formula is C17H24N2O6S. The second kappa shape index (κ2) is 9.11. The van der Waals surface area contributed by atoms with Crippen LogP contribution in [0.2, 0.25) is 0 Å². The highest BCUT2D eigenvalue weighted by Gasteiger charge is 2.22. The number of hydrogen-bond donors (Lipinski definition) is 2. The monoisotopic (exact) mass is 384 g/mol. The summed E-state index contributed by atoms with van der Waals surface area (Å²) in [4.78, 5) is 23.7. The molecule has 1 aromatic rings. The van der Waals surface area contributed by atoms with Crippen LogP contribution < -0.4 is 10.0 Å². The molecule has 1 fully saturated rings. The first-order chi connectivity index (χ1) is 12.3. The van der Waals surface area contributed by atoms with Crippen molar-refractivity contribution in [3.05, 3.63) is 29.8 Å². The molecular weight excluding hydrogens is 360 g/mol. The third kappa shape index (κ3) is 5.52. The number of likely N-dealkylation sites (N-methyl/N-ethyl adjacent to an activating group) is 1. The summed E-state index contributed by atoms with van der Waals surface area (Å²) in [5, 5.41) is 2.55. The SMILES string of the molecule is CCNC(=O)[C@@H](C)OC(=O)c1ccc(S(=O)(=O)NC[C@@H]2CCCO2)cc1. The van der Waals surface area contributed by atoms with E-state index in [0.29, 0.717) is 13.2 Å². The average molecular weight is 384 g/mol. The Kier molecular flexibility index (Phi) is 7.13. The van der Waals surface area contributed by atoms with Gasteiger partial charge in [-0.2, -0.15) is 0 Å². The van der Waals surface area contributed by atoms with E-state index < -0.39 is 28.0 Å². The van der Waals surface area contributed by atoms with E-state index in [9.17, 15) is 18.0 Å². The maximum Gasteiger partial charge on any atom is 0.338 e. The first-order valence-electron chi connectivity index (χ1n) is 8.53. The number of carbonyl (C=O) groups is 2. The minimum Gasteiger partial charge on any atom is -0.449 e. The molecule has 0 spiro atoms. The van der Waals surface area contributed by atoms with E-state index in [0.717, 1.165) is 12.8 Å². The van der Waals surface area contributed by atoms with Crippen molar-refractivity contribution in [3.63, 3.8) is 0 Å². The minimum atomic E-state index is -3.68. The largest absolute Gasteiger partial charge is 0.449 e. The lowest BCUT2D eigenvalue weighted by Crippen LogP contribution is -2.35. The van der Waals surface area contributed by atoms with Crippen LogP contribution in [-0.4, -0.2) is 52.2 Å². The van der Waals surface area contributed by atoms with E-state index in [1.165, 1.54) is 31.2 Å². The highest BCUT2D eigenvalue weighted by molar-refractivity contribution is 7.89. The lowest BCUT2D eigenvalue weighted by molar-refractivity contribution is -0.128. The Morgan fingerprint density at radius 2 is 2.00 bits per heavy atom. The molecule has 1 saturated heterocycles. The maximum absolute atomic E-state index is 12.3. The molecule has 26 heavy (non-hydrogen) atoms. The third-order valence-electron chi connectivity index (χ3n) is 3.93. The van der Waals surface area contributed by atoms with Crippen LogP contribution in [0.5, 0.6) is 0 Å². The van der Waals surface area contributed by atoms with Gasteiger partial charge in [-0.3, -0.25) is 4.79 Å². The summed E-state index contributed by atoms with van der Waals surface area (Å²) in [6.07, 6.45) is 0.725. The number of hydrogen-bond acceptors (Lipinski definition) is 6. The highest BCUT2D eigenvalue weighted by atomic mass is 32.2. The molecule has 1 aliphatic heterocycles. The van der Waals surface area contributed by atoms with Gasteiger partial charge < -0.3 is 14.8 Å². The van der Waals surface area contributed by atoms with Crippen molar-refractivity contribution in [1.82, 2.24) is 10.0 Å². The predicted molar refractivity (Wildman–Crippen MR) is 94.2 cm³/mol. The normalized spacial score (nSPS) is 18.3. The molecule has 0 aromatic heterocycles. The van der Waals surface area contributed by atoms with Gasteiger partial charge in [-0.1, -0.05) is 0 Å². The Morgan fingerprint density at radius 3 is 2.58 bits per heavy atom. The Labute approximate surface area is 153 Å². The molecule has 1 aromatic carbocycles. The molecule has 8 nitrogen and oxygen atoms in total. The number of nitrogens with one attached hydrogen (secondary N) is 2. The number of rotatable bonds is 8. The van der Waals surface area contributed by atoms with Gasteiger partial charge in [-0.05, 0) is 51.0 Å². The van der Waals surface area contributed by atoms with Crippen molar-refractivity contribution >= 4 is 21.9 Å². The van der Waals surface area contributed by atoms with Gasteiger partial charge in [0.15, 0.2) is 6.10 Å². The molecule has 0 radical (unpaired) electrons. The van der Waals surface area contributed by atoms with Crippen LogP contribution >= 0.6 is 0 Å². The number of esters is 1. The molecule has 9 heteroatoms. The Morgan fingerprint density at radius 1 is 1.31 bits per heavy atom. The molecule has 1 amide bonds. The van der Waals surface area contributed by atoms with E-state index in [4.69, 9.17) is 9.47 Å². The van der Waals surface area contributed by atoms with Gasteiger partial charge in [-0.15, -0.1) is 0 Å². The zero-order chi connectivity index (χ0) is 19.2. The summed E-state index contributed by atoms with van der Waals surface area (Å²) in [5.41, 5.74) is 0.166. The predicted octanol–water partition coefficient (Wildman–Crippen LogP) is 0.825. The number of carbonyl (C=O) groups excluding carboxylic acids is 2. The van der Waals surface area contributed by atoms with Crippen LogP contribution in [-0.2, 0) is 24.3 Å². The standard InChI is InChI=1S/C17H24N2O6S/c1-3-18-16(20)12(2)25-17(21)13-6-8-15(9-7-13)26(22,23)19-11-14-5-4-10-24-14/h6-9,12,14,19H,3-5,10-11H2,1-2H3,(H,18,20)/t12-,14+/m1/s1. The van der Waals surface area contributed by atoms with Gasteiger partial charge in [0.2, 0.25) is 10.0 Å². The summed E-state index contributed by atoms with van der Waals surface area (Å²) in [7, 11) is -3.68. The lowest BCUT2D eigenvalue weighted by Gasteiger charge is -2.13. The van der Waals surface area contributed by atoms with Crippen LogP contribution in [0.1, 0.15) is 37.0 Å². The van der Waals surface area contributed by atoms with Crippen molar-refractivity contribution in [2.75, 3.05) is 19.7 Å². The smallest absolute Gasteiger partial charge is 0.338 e. The number of ether oxygens (including phenoxy) is 2. The van der Waals surface area contributed by atoms with E-state index in [-0.39, 0.29) is 23.1 Å². The second-order valence-corrected chi connectivity index (χ2v) is 7.72. The van der Waals surface area contributed by atoms with Gasteiger partial charge in [0.25, 0.3) is 5.91 Å². The van der Waals surface area contributed by atoms with Crippen LogP contribution in [0.15, 0.2) is 29.2 Å². The Bertz CT molecular complexity index is 726. The van der Waals surface area contributed by atoms with Crippen molar-refractivity contribution in [1.29, 1.82) is 0 Å². The molecule has 1 aliphatic rings. The molecule has 0 bridgehead atoms. The fourth-order valence-electron chi connectivity index (χ4n) is 2.46. The fraction of sp³-hybridized carbons (Fsp3) is 0.529. The van der Waals surface area contributed by atoms with E-state index in [1.807, 2.05) is 0 Å². The van der Waals surface area contributed by atoms with Crippen LogP contribution in [0.4, 0.5) is 0 Å². The van der Waals surface area contributed by atoms with Crippen molar-refractivity contribution < 1.29 is 27.5 Å². The first-order valence-corrected chi connectivity index (χ1v) is 10.0. The van der Waals surface area contributed by atoms with Crippen LogP contribution in [0.3, 0.4) is 0 Å². The average Bonchev–Trinajstić information content (AvgIpc) is 3.14. The van der Waals surface area contributed by atoms with E-state index in [1.54, 1.807) is 6.92 Å². The highest BCUT2D eigenvalue weighted by Crippen LogP contribution is 2.14. The van der Waals surface area contributed by atoms with Crippen LogP contribution in [0, 0.1) is 0 Å². The molecule has 0 unspecified atom stereocenters. The Hall–Kier alpha value is -1.97. The molecule has 2 atom stereocenters. The zero-order valence-electron chi connectivity index (χ0n) is 14.9. The Balaban J connectivity index is 1.95. The van der Waals surface area contributed by atoms with Gasteiger partial charge in [0, 0.05) is 19.7 Å². The van der Waals surface area contributed by atoms with E-state index in [2.05, 4.69) is 10.0 Å². The number of sulfonamides is 1. The molecule has 1 heterocycles. The van der Waals surface area contributed by atoms with Crippen molar-refractivity contribution in [2.24, 2.45) is 0 Å². The quantitative estimate of drug-likeness (QED) is 0.642. The van der Waals surface area contributed by atoms with Gasteiger partial charge in [-0.25, -0.2) is 17.9 Å². The molecule has 0 saturated carbocycles. The molecule has 0 aliphatic carbocycles. The third-order valence-corrected chi connectivity index (χ3v) is 5.37. The summed E-state index contributed by atoms with van der Waals surface area (Å²) in [5.74, 6) is -1.08. The van der Waals surface area contributed by atoms with Gasteiger partial charge in [0.1, 0.15) is 0 Å². The van der Waals surface area contributed by atoms with Gasteiger partial charge >= 0.3 is 5.97 Å². The van der Waals surface area contributed by atoms with Crippen molar-refractivity contribution in [3.8, 4) is 0 Å². The lowest BCUT2D eigenvalue weighted by atomic mass is 10.2. The molecule has 144 valence electrons. The number of benzene rings is 1. The summed E-state index contributed by atoms with van der Waals surface area (Å²) < 4.78 is 37.5. The maximum atomic E-state index is 12.3. The van der Waals surface area contributed by atoms with Crippen LogP contribution in [0.25, 0.3) is 0 Å². The second-order valence-electron chi connectivity index (χ2n) is 5.95. The summed E-state index contributed by atoms with van der Waals surface area (Å²) in [6, 6.07) is 5.36. The molecule has 2 N–H and O–H groups in total.